The van der Waals surface area contributed by atoms with Gasteiger partial charge in [-0.3, -0.25) is 9.59 Å². The van der Waals surface area contributed by atoms with E-state index >= 15 is 0 Å². The number of carboxylic acids is 1. The van der Waals surface area contributed by atoms with E-state index in [2.05, 4.69) is 0 Å². The lowest BCUT2D eigenvalue weighted by Gasteiger charge is -2.30. The third-order valence-corrected chi connectivity index (χ3v) is 3.73. The third kappa shape index (κ3) is 4.86. The molecule has 0 spiro atoms. The van der Waals surface area contributed by atoms with E-state index in [-0.39, 0.29) is 12.5 Å². The predicted molar refractivity (Wildman–Crippen MR) is 77.9 cm³/mol. The van der Waals surface area contributed by atoms with Crippen molar-refractivity contribution in [3.8, 4) is 0 Å². The molecule has 1 amide bonds. The highest BCUT2D eigenvalue weighted by Crippen LogP contribution is 2.16. The van der Waals surface area contributed by atoms with Crippen LogP contribution in [0, 0.1) is 5.92 Å². The van der Waals surface area contributed by atoms with Gasteiger partial charge >= 0.3 is 5.97 Å². The lowest BCUT2D eigenvalue weighted by molar-refractivity contribution is -0.147. The van der Waals surface area contributed by atoms with Crippen LogP contribution in [-0.4, -0.2) is 48.2 Å². The van der Waals surface area contributed by atoms with Crippen LogP contribution in [0.1, 0.15) is 18.4 Å². The zero-order valence-electron chi connectivity index (χ0n) is 12.0. The number of ether oxygens (including phenoxy) is 1. The Labute approximate surface area is 124 Å². The number of rotatable bonds is 6. The molecule has 1 aromatic carbocycles. The highest BCUT2D eigenvalue weighted by Gasteiger charge is 2.27. The molecule has 1 aromatic rings. The molecule has 2 rings (SSSR count). The maximum atomic E-state index is 12.0. The van der Waals surface area contributed by atoms with E-state index in [9.17, 15) is 9.59 Å². The van der Waals surface area contributed by atoms with Gasteiger partial charge in [-0.05, 0) is 24.8 Å². The van der Waals surface area contributed by atoms with Gasteiger partial charge < -0.3 is 14.7 Å². The highest BCUT2D eigenvalue weighted by atomic mass is 16.5. The van der Waals surface area contributed by atoms with Gasteiger partial charge in [0.15, 0.2) is 0 Å². The number of hydrogen-bond donors (Lipinski definition) is 1. The molecule has 0 aromatic heterocycles. The number of amides is 1. The average Bonchev–Trinajstić information content (AvgIpc) is 2.52. The fraction of sp³-hybridized carbons (Fsp3) is 0.500. The first-order valence-electron chi connectivity index (χ1n) is 7.29. The number of piperidine rings is 1. The van der Waals surface area contributed by atoms with Gasteiger partial charge in [-0.1, -0.05) is 30.3 Å². The summed E-state index contributed by atoms with van der Waals surface area (Å²) in [6.07, 6.45) is 2.16. The Hall–Kier alpha value is -1.88. The molecule has 1 N–H and O–H groups in total. The van der Waals surface area contributed by atoms with Gasteiger partial charge in [-0.2, -0.15) is 0 Å². The van der Waals surface area contributed by atoms with Crippen LogP contribution in [0.2, 0.25) is 0 Å². The van der Waals surface area contributed by atoms with E-state index in [1.165, 1.54) is 5.56 Å². The molecule has 0 aliphatic carbocycles. The standard InChI is InChI=1S/C16H21NO4/c18-15(17-9-4-7-14(11-17)16(19)20)12-21-10-8-13-5-2-1-3-6-13/h1-3,5-6,14H,4,7-12H2,(H,19,20)/t14-/m1/s1. The minimum atomic E-state index is -0.822. The first-order chi connectivity index (χ1) is 10.2. The summed E-state index contributed by atoms with van der Waals surface area (Å²) in [6.45, 7) is 1.45. The second-order valence-corrected chi connectivity index (χ2v) is 5.31. The number of nitrogens with zero attached hydrogens (tertiary/aromatic N) is 1. The van der Waals surface area contributed by atoms with Crippen LogP contribution < -0.4 is 0 Å². The molecule has 1 heterocycles. The fourth-order valence-electron chi connectivity index (χ4n) is 2.49. The Morgan fingerprint density at radius 1 is 1.29 bits per heavy atom. The molecular formula is C16H21NO4. The van der Waals surface area contributed by atoms with Gasteiger partial charge in [0, 0.05) is 13.1 Å². The second-order valence-electron chi connectivity index (χ2n) is 5.31. The molecule has 0 saturated carbocycles. The van der Waals surface area contributed by atoms with Crippen LogP contribution in [0.25, 0.3) is 0 Å². The summed E-state index contributed by atoms with van der Waals surface area (Å²) in [5, 5.41) is 9.01. The molecule has 0 unspecified atom stereocenters. The Bertz CT molecular complexity index is 474. The summed E-state index contributed by atoms with van der Waals surface area (Å²) in [4.78, 5) is 24.6. The molecule has 0 bridgehead atoms. The molecule has 0 radical (unpaired) electrons. The number of carbonyl (C=O) groups is 2. The molecule has 5 nitrogen and oxygen atoms in total. The van der Waals surface area contributed by atoms with Gasteiger partial charge in [0.2, 0.25) is 5.91 Å². The van der Waals surface area contributed by atoms with Crippen molar-refractivity contribution in [3.63, 3.8) is 0 Å². The van der Waals surface area contributed by atoms with E-state index in [4.69, 9.17) is 9.84 Å². The first-order valence-corrected chi connectivity index (χ1v) is 7.29. The number of hydrogen-bond acceptors (Lipinski definition) is 3. The van der Waals surface area contributed by atoms with E-state index in [1.54, 1.807) is 4.90 Å². The van der Waals surface area contributed by atoms with Crippen molar-refractivity contribution < 1.29 is 19.4 Å². The Balaban J connectivity index is 1.68. The molecule has 1 fully saturated rings. The molecule has 1 saturated heterocycles. The monoisotopic (exact) mass is 291 g/mol. The van der Waals surface area contributed by atoms with Crippen LogP contribution in [0.3, 0.4) is 0 Å². The Morgan fingerprint density at radius 3 is 2.76 bits per heavy atom. The minimum Gasteiger partial charge on any atom is -0.481 e. The van der Waals surface area contributed by atoms with E-state index < -0.39 is 11.9 Å². The van der Waals surface area contributed by atoms with E-state index in [0.29, 0.717) is 26.1 Å². The average molecular weight is 291 g/mol. The molecule has 5 heteroatoms. The van der Waals surface area contributed by atoms with Crippen molar-refractivity contribution >= 4 is 11.9 Å². The van der Waals surface area contributed by atoms with Gasteiger partial charge in [0.25, 0.3) is 0 Å². The van der Waals surface area contributed by atoms with Crippen LogP contribution >= 0.6 is 0 Å². The zero-order valence-corrected chi connectivity index (χ0v) is 12.0. The van der Waals surface area contributed by atoms with Crippen LogP contribution in [0.4, 0.5) is 0 Å². The summed E-state index contributed by atoms with van der Waals surface area (Å²) in [6, 6.07) is 9.95. The SMILES string of the molecule is O=C(O)[C@@H]1CCCN(C(=O)COCCc2ccccc2)C1. The summed E-state index contributed by atoms with van der Waals surface area (Å²) >= 11 is 0. The molecule has 1 atom stereocenters. The van der Waals surface area contributed by atoms with Crippen molar-refractivity contribution in [1.82, 2.24) is 4.90 Å². The predicted octanol–water partition coefficient (Wildman–Crippen LogP) is 1.57. The lowest BCUT2D eigenvalue weighted by Crippen LogP contribution is -2.43. The third-order valence-electron chi connectivity index (χ3n) is 3.73. The first kappa shape index (κ1) is 15.5. The number of aliphatic carboxylic acids is 1. The van der Waals surface area contributed by atoms with Crippen LogP contribution in [0.15, 0.2) is 30.3 Å². The smallest absolute Gasteiger partial charge is 0.308 e. The minimum absolute atomic E-state index is 0.0270. The molecule has 1 aliphatic rings. The normalized spacial score (nSPS) is 18.5. The lowest BCUT2D eigenvalue weighted by atomic mass is 9.98. The number of carbonyl (C=O) groups excluding carboxylic acids is 1. The maximum absolute atomic E-state index is 12.0. The molecule has 1 aliphatic heterocycles. The van der Waals surface area contributed by atoms with Crippen molar-refractivity contribution in [1.29, 1.82) is 0 Å². The Kier molecular flexibility index (Phi) is 5.75. The highest BCUT2D eigenvalue weighted by molar-refractivity contribution is 5.79. The van der Waals surface area contributed by atoms with E-state index in [0.717, 1.165) is 12.8 Å². The Morgan fingerprint density at radius 2 is 2.05 bits per heavy atom. The molecule has 114 valence electrons. The topological polar surface area (TPSA) is 66.8 Å². The summed E-state index contributed by atoms with van der Waals surface area (Å²) in [5.41, 5.74) is 1.17. The quantitative estimate of drug-likeness (QED) is 0.808. The zero-order chi connectivity index (χ0) is 15.1. The van der Waals surface area contributed by atoms with Gasteiger partial charge in [0.05, 0.1) is 12.5 Å². The second kappa shape index (κ2) is 7.78. The molecular weight excluding hydrogens is 270 g/mol. The van der Waals surface area contributed by atoms with Crippen LogP contribution in [0.5, 0.6) is 0 Å². The summed E-state index contributed by atoms with van der Waals surface area (Å²) in [5.74, 6) is -1.38. The van der Waals surface area contributed by atoms with Crippen molar-refractivity contribution in [2.45, 2.75) is 19.3 Å². The van der Waals surface area contributed by atoms with E-state index in [1.807, 2.05) is 30.3 Å². The van der Waals surface area contributed by atoms with Crippen molar-refractivity contribution in [2.75, 3.05) is 26.3 Å². The van der Waals surface area contributed by atoms with Gasteiger partial charge in [0.1, 0.15) is 6.61 Å². The van der Waals surface area contributed by atoms with Gasteiger partial charge in [-0.25, -0.2) is 0 Å². The summed E-state index contributed by atoms with van der Waals surface area (Å²) < 4.78 is 5.41. The maximum Gasteiger partial charge on any atom is 0.308 e. The number of benzene rings is 1. The largest absolute Gasteiger partial charge is 0.481 e. The fourth-order valence-corrected chi connectivity index (χ4v) is 2.49. The van der Waals surface area contributed by atoms with Crippen molar-refractivity contribution in [2.24, 2.45) is 5.92 Å². The van der Waals surface area contributed by atoms with Gasteiger partial charge in [-0.15, -0.1) is 0 Å². The van der Waals surface area contributed by atoms with Crippen LogP contribution in [-0.2, 0) is 20.7 Å². The van der Waals surface area contributed by atoms with Crippen molar-refractivity contribution in [3.05, 3.63) is 35.9 Å². The number of likely N-dealkylation sites (tertiary alicyclic amines) is 1. The number of carboxylic acid groups (broad SMARTS) is 1. The molecule has 21 heavy (non-hydrogen) atoms. The summed E-state index contributed by atoms with van der Waals surface area (Å²) in [7, 11) is 0.